The van der Waals surface area contributed by atoms with E-state index in [9.17, 15) is 9.59 Å². The monoisotopic (exact) mass is 329 g/mol. The molecular weight excluding hydrogens is 306 g/mol. The lowest BCUT2D eigenvalue weighted by Crippen LogP contribution is -2.44. The number of carbonyl (C=O) groups excluding carboxylic acids is 2. The Bertz CT molecular complexity index is 733. The Labute approximate surface area is 140 Å². The molecule has 1 saturated heterocycles. The summed E-state index contributed by atoms with van der Waals surface area (Å²) < 4.78 is 0. The second-order valence-electron chi connectivity index (χ2n) is 6.19. The van der Waals surface area contributed by atoms with Crippen LogP contribution in [0.5, 0.6) is 0 Å². The van der Waals surface area contributed by atoms with Crippen LogP contribution in [-0.4, -0.2) is 48.2 Å². The third kappa shape index (κ3) is 3.12. The average molecular weight is 329 g/mol. The molecule has 1 aliphatic heterocycles. The summed E-state index contributed by atoms with van der Waals surface area (Å²) in [4.78, 5) is 24.6. The van der Waals surface area contributed by atoms with E-state index in [1.54, 1.807) is 0 Å². The molecule has 2 amide bonds. The standard InChI is InChI=1S/C17H23N5O2/c1-2-17(7-8-18-11-17)16(24)20-10-9-19-15(23)14-12-5-3-4-6-13(12)21-22-14/h3-6,18H,2,7-11H2,1H3,(H,19,23)(H,20,24)(H,21,22). The molecule has 0 spiro atoms. The van der Waals surface area contributed by atoms with Gasteiger partial charge in [0, 0.05) is 25.0 Å². The minimum absolute atomic E-state index is 0.0643. The number of para-hydroxylation sites is 1. The highest BCUT2D eigenvalue weighted by Gasteiger charge is 2.39. The molecule has 0 aliphatic carbocycles. The molecule has 128 valence electrons. The van der Waals surface area contributed by atoms with Crippen molar-refractivity contribution in [3.8, 4) is 0 Å². The van der Waals surface area contributed by atoms with E-state index in [0.717, 1.165) is 36.8 Å². The van der Waals surface area contributed by atoms with Gasteiger partial charge in [-0.3, -0.25) is 14.7 Å². The van der Waals surface area contributed by atoms with Gasteiger partial charge in [0.2, 0.25) is 5.91 Å². The average Bonchev–Trinajstić information content (AvgIpc) is 3.25. The van der Waals surface area contributed by atoms with Crippen LogP contribution < -0.4 is 16.0 Å². The molecular formula is C17H23N5O2. The van der Waals surface area contributed by atoms with Gasteiger partial charge in [0.15, 0.2) is 5.69 Å². The van der Waals surface area contributed by atoms with Crippen LogP contribution in [0.1, 0.15) is 30.3 Å². The van der Waals surface area contributed by atoms with Crippen LogP contribution >= 0.6 is 0 Å². The lowest BCUT2D eigenvalue weighted by Gasteiger charge is -2.25. The lowest BCUT2D eigenvalue weighted by atomic mass is 9.83. The van der Waals surface area contributed by atoms with Crippen molar-refractivity contribution in [1.29, 1.82) is 0 Å². The Morgan fingerprint density at radius 1 is 1.25 bits per heavy atom. The molecule has 1 aromatic carbocycles. The van der Waals surface area contributed by atoms with Crippen LogP contribution in [0.15, 0.2) is 24.3 Å². The van der Waals surface area contributed by atoms with Crippen LogP contribution in [0.3, 0.4) is 0 Å². The zero-order chi connectivity index (χ0) is 17.0. The van der Waals surface area contributed by atoms with Crippen molar-refractivity contribution >= 4 is 22.7 Å². The molecule has 2 heterocycles. The van der Waals surface area contributed by atoms with Crippen LogP contribution in [0.4, 0.5) is 0 Å². The number of H-pyrrole nitrogens is 1. The number of aromatic amines is 1. The molecule has 0 radical (unpaired) electrons. The lowest BCUT2D eigenvalue weighted by molar-refractivity contribution is -0.130. The molecule has 1 fully saturated rings. The van der Waals surface area contributed by atoms with E-state index in [0.29, 0.717) is 18.8 Å². The number of nitrogens with one attached hydrogen (secondary N) is 4. The highest BCUT2D eigenvalue weighted by atomic mass is 16.2. The third-order valence-electron chi connectivity index (χ3n) is 4.78. The van der Waals surface area contributed by atoms with Crippen LogP contribution in [0.2, 0.25) is 0 Å². The largest absolute Gasteiger partial charge is 0.354 e. The summed E-state index contributed by atoms with van der Waals surface area (Å²) in [5.74, 6) is -0.177. The Morgan fingerprint density at radius 3 is 2.79 bits per heavy atom. The maximum absolute atomic E-state index is 12.4. The normalized spacial score (nSPS) is 20.2. The van der Waals surface area contributed by atoms with Crippen molar-refractivity contribution in [2.45, 2.75) is 19.8 Å². The van der Waals surface area contributed by atoms with E-state index < -0.39 is 0 Å². The fourth-order valence-electron chi connectivity index (χ4n) is 3.16. The first-order valence-electron chi connectivity index (χ1n) is 8.36. The first kappa shape index (κ1) is 16.4. The molecule has 3 rings (SSSR count). The number of hydrogen-bond acceptors (Lipinski definition) is 4. The fourth-order valence-corrected chi connectivity index (χ4v) is 3.16. The van der Waals surface area contributed by atoms with Crippen LogP contribution in [0, 0.1) is 5.41 Å². The molecule has 24 heavy (non-hydrogen) atoms. The number of carbonyl (C=O) groups is 2. The number of nitrogens with zero attached hydrogens (tertiary/aromatic N) is 1. The first-order valence-corrected chi connectivity index (χ1v) is 8.36. The maximum Gasteiger partial charge on any atom is 0.272 e. The highest BCUT2D eigenvalue weighted by molar-refractivity contribution is 6.04. The second kappa shape index (κ2) is 7.00. The second-order valence-corrected chi connectivity index (χ2v) is 6.19. The van der Waals surface area contributed by atoms with Crippen molar-refractivity contribution in [3.05, 3.63) is 30.0 Å². The smallest absolute Gasteiger partial charge is 0.272 e. The molecule has 7 nitrogen and oxygen atoms in total. The van der Waals surface area contributed by atoms with Crippen molar-refractivity contribution in [2.24, 2.45) is 5.41 Å². The van der Waals surface area contributed by atoms with E-state index in [1.807, 2.05) is 31.2 Å². The van der Waals surface area contributed by atoms with Gasteiger partial charge in [0.1, 0.15) is 0 Å². The SMILES string of the molecule is CCC1(C(=O)NCCNC(=O)c2n[nH]c3ccccc23)CCNC1. The number of hydrogen-bond donors (Lipinski definition) is 4. The van der Waals surface area contributed by atoms with Crippen molar-refractivity contribution in [3.63, 3.8) is 0 Å². The van der Waals surface area contributed by atoms with Gasteiger partial charge in [0.05, 0.1) is 10.9 Å². The Kier molecular flexibility index (Phi) is 4.80. The molecule has 4 N–H and O–H groups in total. The van der Waals surface area contributed by atoms with Gasteiger partial charge in [0.25, 0.3) is 5.91 Å². The van der Waals surface area contributed by atoms with Gasteiger partial charge < -0.3 is 16.0 Å². The summed E-state index contributed by atoms with van der Waals surface area (Å²) in [5.41, 5.74) is 0.902. The van der Waals surface area contributed by atoms with E-state index >= 15 is 0 Å². The van der Waals surface area contributed by atoms with E-state index in [4.69, 9.17) is 0 Å². The Balaban J connectivity index is 1.50. The van der Waals surface area contributed by atoms with Crippen LogP contribution in [-0.2, 0) is 4.79 Å². The molecule has 1 aliphatic rings. The first-order chi connectivity index (χ1) is 11.7. The van der Waals surface area contributed by atoms with Crippen molar-refractivity contribution in [2.75, 3.05) is 26.2 Å². The number of fused-ring (bicyclic) bond motifs is 1. The van der Waals surface area contributed by atoms with Gasteiger partial charge in [-0.25, -0.2) is 0 Å². The number of rotatable bonds is 6. The zero-order valence-corrected chi connectivity index (χ0v) is 13.8. The number of aromatic nitrogens is 2. The summed E-state index contributed by atoms with van der Waals surface area (Å²) >= 11 is 0. The third-order valence-corrected chi connectivity index (χ3v) is 4.78. The summed E-state index contributed by atoms with van der Waals surface area (Å²) in [6.07, 6.45) is 1.68. The maximum atomic E-state index is 12.4. The summed E-state index contributed by atoms with van der Waals surface area (Å²) in [7, 11) is 0. The summed E-state index contributed by atoms with van der Waals surface area (Å²) in [5, 5.41) is 16.7. The topological polar surface area (TPSA) is 98.9 Å². The Morgan fingerprint density at radius 2 is 2.04 bits per heavy atom. The molecule has 2 aromatic rings. The number of amides is 2. The van der Waals surface area contributed by atoms with Crippen molar-refractivity contribution < 1.29 is 9.59 Å². The van der Waals surface area contributed by atoms with Gasteiger partial charge >= 0.3 is 0 Å². The molecule has 0 saturated carbocycles. The molecule has 1 unspecified atom stereocenters. The van der Waals surface area contributed by atoms with E-state index in [-0.39, 0.29) is 17.2 Å². The van der Waals surface area contributed by atoms with Gasteiger partial charge in [-0.15, -0.1) is 0 Å². The summed E-state index contributed by atoms with van der Waals surface area (Å²) in [6.45, 7) is 4.43. The molecule has 1 aromatic heterocycles. The highest BCUT2D eigenvalue weighted by Crippen LogP contribution is 2.29. The van der Waals surface area contributed by atoms with Crippen molar-refractivity contribution in [1.82, 2.24) is 26.1 Å². The fraction of sp³-hybridized carbons (Fsp3) is 0.471. The van der Waals surface area contributed by atoms with Gasteiger partial charge in [-0.05, 0) is 25.5 Å². The van der Waals surface area contributed by atoms with E-state index in [1.165, 1.54) is 0 Å². The van der Waals surface area contributed by atoms with Gasteiger partial charge in [-0.1, -0.05) is 25.1 Å². The quantitative estimate of drug-likeness (QED) is 0.589. The molecule has 7 heteroatoms. The van der Waals surface area contributed by atoms with Gasteiger partial charge in [-0.2, -0.15) is 5.10 Å². The minimum atomic E-state index is -0.303. The molecule has 0 bridgehead atoms. The van der Waals surface area contributed by atoms with E-state index in [2.05, 4.69) is 26.1 Å². The van der Waals surface area contributed by atoms with Crippen LogP contribution in [0.25, 0.3) is 10.9 Å². The Hall–Kier alpha value is -2.41. The number of benzene rings is 1. The molecule has 1 atom stereocenters. The zero-order valence-electron chi connectivity index (χ0n) is 13.8. The predicted molar refractivity (Wildman–Crippen MR) is 91.6 cm³/mol. The summed E-state index contributed by atoms with van der Waals surface area (Å²) in [6, 6.07) is 7.49. The predicted octanol–water partition coefficient (Wildman–Crippen LogP) is 0.799. The minimum Gasteiger partial charge on any atom is -0.354 e.